The van der Waals surface area contributed by atoms with Crippen LogP contribution in [0.25, 0.3) is 16.9 Å². The van der Waals surface area contributed by atoms with Gasteiger partial charge in [-0.05, 0) is 42.3 Å². The van der Waals surface area contributed by atoms with Gasteiger partial charge in [-0.1, -0.05) is 54.6 Å². The number of nitrogens with zero attached hydrogens (tertiary/aromatic N) is 3. The summed E-state index contributed by atoms with van der Waals surface area (Å²) < 4.78 is 1.73. The smallest absolute Gasteiger partial charge is 0.259 e. The highest BCUT2D eigenvalue weighted by molar-refractivity contribution is 6.08. The molecule has 0 aliphatic heterocycles. The predicted octanol–water partition coefficient (Wildman–Crippen LogP) is 5.17. The number of hydrogen-bond donors (Lipinski definition) is 1. The number of nitriles is 1. The van der Waals surface area contributed by atoms with E-state index in [1.807, 2.05) is 73.7 Å². The number of para-hydroxylation sites is 1. The second-order valence-corrected chi connectivity index (χ2v) is 6.97. The Morgan fingerprint density at radius 2 is 1.70 bits per heavy atom. The molecule has 0 bridgehead atoms. The number of amides is 1. The molecule has 4 aromatic rings. The lowest BCUT2D eigenvalue weighted by Crippen LogP contribution is -2.12. The van der Waals surface area contributed by atoms with Crippen LogP contribution in [0.1, 0.15) is 21.5 Å². The fourth-order valence-corrected chi connectivity index (χ4v) is 3.29. The third-order valence-corrected chi connectivity index (χ3v) is 4.87. The SMILES string of the molecule is Cc1ccccc1-c1nn(-c2ccccc2)cc1C(=O)Nc1ccc(CC#N)cc1. The molecule has 0 aliphatic rings. The highest BCUT2D eigenvalue weighted by Crippen LogP contribution is 2.27. The Hall–Kier alpha value is -4.17. The molecule has 1 N–H and O–H groups in total. The summed E-state index contributed by atoms with van der Waals surface area (Å²) in [6.07, 6.45) is 2.10. The lowest BCUT2D eigenvalue weighted by molar-refractivity contribution is 0.102. The van der Waals surface area contributed by atoms with Crippen LogP contribution in [0.3, 0.4) is 0 Å². The number of carbonyl (C=O) groups is 1. The molecule has 0 unspecified atom stereocenters. The second kappa shape index (κ2) is 8.46. The van der Waals surface area contributed by atoms with Gasteiger partial charge in [-0.3, -0.25) is 4.79 Å². The van der Waals surface area contributed by atoms with Crippen molar-refractivity contribution in [3.63, 3.8) is 0 Å². The Morgan fingerprint density at radius 3 is 2.40 bits per heavy atom. The first-order valence-corrected chi connectivity index (χ1v) is 9.64. The molecule has 3 aromatic carbocycles. The maximum Gasteiger partial charge on any atom is 0.259 e. The van der Waals surface area contributed by atoms with Crippen LogP contribution >= 0.6 is 0 Å². The topological polar surface area (TPSA) is 70.7 Å². The molecule has 30 heavy (non-hydrogen) atoms. The Kier molecular flexibility index (Phi) is 5.40. The minimum Gasteiger partial charge on any atom is -0.322 e. The molecule has 1 aromatic heterocycles. The summed E-state index contributed by atoms with van der Waals surface area (Å²) in [7, 11) is 0. The van der Waals surface area contributed by atoms with Gasteiger partial charge in [0.15, 0.2) is 0 Å². The van der Waals surface area contributed by atoms with E-state index in [1.165, 1.54) is 0 Å². The molecule has 5 heteroatoms. The quantitative estimate of drug-likeness (QED) is 0.510. The van der Waals surface area contributed by atoms with Gasteiger partial charge in [-0.25, -0.2) is 4.68 Å². The van der Waals surface area contributed by atoms with Crippen LogP contribution < -0.4 is 5.32 Å². The van der Waals surface area contributed by atoms with E-state index in [4.69, 9.17) is 10.4 Å². The summed E-state index contributed by atoms with van der Waals surface area (Å²) in [5.41, 5.74) is 5.56. The van der Waals surface area contributed by atoms with Crippen molar-refractivity contribution in [1.82, 2.24) is 9.78 Å². The molecule has 0 atom stereocenters. The zero-order chi connectivity index (χ0) is 20.9. The summed E-state index contributed by atoms with van der Waals surface area (Å²) in [5, 5.41) is 16.5. The standard InChI is InChI=1S/C25H20N4O/c1-18-7-5-6-10-22(18)24-23(17-29(28-24)21-8-3-2-4-9-21)25(30)27-20-13-11-19(12-14-20)15-16-26/h2-14,17H,15H2,1H3,(H,27,30). The normalized spacial score (nSPS) is 10.4. The minimum absolute atomic E-state index is 0.233. The van der Waals surface area contributed by atoms with Gasteiger partial charge in [0.25, 0.3) is 5.91 Å². The van der Waals surface area contributed by atoms with Crippen molar-refractivity contribution < 1.29 is 4.79 Å². The van der Waals surface area contributed by atoms with Crippen molar-refractivity contribution in [1.29, 1.82) is 5.26 Å². The van der Waals surface area contributed by atoms with Gasteiger partial charge in [0.2, 0.25) is 0 Å². The largest absolute Gasteiger partial charge is 0.322 e. The lowest BCUT2D eigenvalue weighted by atomic mass is 10.0. The Morgan fingerprint density at radius 1 is 1.00 bits per heavy atom. The van der Waals surface area contributed by atoms with Gasteiger partial charge in [-0.2, -0.15) is 10.4 Å². The van der Waals surface area contributed by atoms with Crippen LogP contribution in [-0.2, 0) is 6.42 Å². The highest BCUT2D eigenvalue weighted by atomic mass is 16.1. The van der Waals surface area contributed by atoms with Crippen molar-refractivity contribution >= 4 is 11.6 Å². The van der Waals surface area contributed by atoms with Gasteiger partial charge >= 0.3 is 0 Å². The van der Waals surface area contributed by atoms with E-state index >= 15 is 0 Å². The monoisotopic (exact) mass is 392 g/mol. The third-order valence-electron chi connectivity index (χ3n) is 4.87. The van der Waals surface area contributed by atoms with E-state index in [0.717, 1.165) is 22.4 Å². The molecule has 0 aliphatic carbocycles. The maximum absolute atomic E-state index is 13.2. The fourth-order valence-electron chi connectivity index (χ4n) is 3.29. The molecule has 5 nitrogen and oxygen atoms in total. The maximum atomic E-state index is 13.2. The van der Waals surface area contributed by atoms with Crippen LogP contribution in [0.5, 0.6) is 0 Å². The van der Waals surface area contributed by atoms with E-state index < -0.39 is 0 Å². The summed E-state index contributed by atoms with van der Waals surface area (Å²) in [6.45, 7) is 2.01. The Labute approximate surface area is 175 Å². The van der Waals surface area contributed by atoms with E-state index in [0.29, 0.717) is 23.4 Å². The third kappa shape index (κ3) is 3.98. The molecular weight excluding hydrogens is 372 g/mol. The first-order chi connectivity index (χ1) is 14.7. The van der Waals surface area contributed by atoms with Gasteiger partial charge in [0.1, 0.15) is 5.69 Å². The molecule has 0 spiro atoms. The lowest BCUT2D eigenvalue weighted by Gasteiger charge is -2.07. The van der Waals surface area contributed by atoms with Gasteiger partial charge in [0, 0.05) is 17.4 Å². The first kappa shape index (κ1) is 19.2. The Bertz CT molecular complexity index is 1220. The zero-order valence-electron chi connectivity index (χ0n) is 16.5. The first-order valence-electron chi connectivity index (χ1n) is 9.64. The van der Waals surface area contributed by atoms with Gasteiger partial charge in [-0.15, -0.1) is 0 Å². The number of aromatic nitrogens is 2. The van der Waals surface area contributed by atoms with Crippen molar-refractivity contribution in [2.75, 3.05) is 5.32 Å². The molecule has 4 rings (SSSR count). The zero-order valence-corrected chi connectivity index (χ0v) is 16.5. The van der Waals surface area contributed by atoms with E-state index in [2.05, 4.69) is 11.4 Å². The summed E-state index contributed by atoms with van der Waals surface area (Å²) in [6, 6.07) is 27.0. The minimum atomic E-state index is -0.233. The summed E-state index contributed by atoms with van der Waals surface area (Å²) in [4.78, 5) is 13.2. The molecule has 1 heterocycles. The second-order valence-electron chi connectivity index (χ2n) is 6.97. The van der Waals surface area contributed by atoms with E-state index in [1.54, 1.807) is 23.0 Å². The average molecular weight is 392 g/mol. The van der Waals surface area contributed by atoms with Gasteiger partial charge in [0.05, 0.1) is 23.7 Å². The molecule has 1 amide bonds. The molecule has 0 saturated carbocycles. The molecule has 0 saturated heterocycles. The van der Waals surface area contributed by atoms with Crippen LogP contribution in [0.15, 0.2) is 85.1 Å². The number of anilines is 1. The van der Waals surface area contributed by atoms with Crippen molar-refractivity contribution in [3.05, 3.63) is 102 Å². The molecule has 146 valence electrons. The average Bonchev–Trinajstić information content (AvgIpc) is 3.22. The molecular formula is C25H20N4O. The molecule has 0 fully saturated rings. The van der Waals surface area contributed by atoms with Crippen LogP contribution in [0, 0.1) is 18.3 Å². The predicted molar refractivity (Wildman–Crippen MR) is 117 cm³/mol. The number of aryl methyl sites for hydroxylation is 1. The highest BCUT2D eigenvalue weighted by Gasteiger charge is 2.20. The number of nitrogens with one attached hydrogen (secondary N) is 1. The van der Waals surface area contributed by atoms with Crippen LogP contribution in [0.2, 0.25) is 0 Å². The number of hydrogen-bond acceptors (Lipinski definition) is 3. The van der Waals surface area contributed by atoms with Crippen molar-refractivity contribution in [2.45, 2.75) is 13.3 Å². The van der Waals surface area contributed by atoms with Crippen molar-refractivity contribution in [3.8, 4) is 23.0 Å². The Balaban J connectivity index is 1.72. The number of carbonyl (C=O) groups excluding carboxylic acids is 1. The van der Waals surface area contributed by atoms with E-state index in [9.17, 15) is 4.79 Å². The van der Waals surface area contributed by atoms with Gasteiger partial charge < -0.3 is 5.32 Å². The van der Waals surface area contributed by atoms with Crippen LogP contribution in [0.4, 0.5) is 5.69 Å². The van der Waals surface area contributed by atoms with E-state index in [-0.39, 0.29) is 5.91 Å². The fraction of sp³-hybridized carbons (Fsp3) is 0.0800. The summed E-state index contributed by atoms with van der Waals surface area (Å²) in [5.74, 6) is -0.233. The van der Waals surface area contributed by atoms with Crippen LogP contribution in [-0.4, -0.2) is 15.7 Å². The van der Waals surface area contributed by atoms with Crippen molar-refractivity contribution in [2.24, 2.45) is 0 Å². The summed E-state index contributed by atoms with van der Waals surface area (Å²) >= 11 is 0. The number of benzene rings is 3. The number of rotatable bonds is 5. The molecule has 0 radical (unpaired) electrons.